The molecule has 0 radical (unpaired) electrons. The van der Waals surface area contributed by atoms with Gasteiger partial charge in [0.2, 0.25) is 0 Å². The minimum atomic E-state index is -1.10. The van der Waals surface area contributed by atoms with Gasteiger partial charge in [0.15, 0.2) is 0 Å². The van der Waals surface area contributed by atoms with Crippen LogP contribution in [0.1, 0.15) is 34.0 Å². The number of hydrogen-bond donors (Lipinski definition) is 4. The van der Waals surface area contributed by atoms with Crippen molar-refractivity contribution in [1.82, 2.24) is 10.9 Å². The van der Waals surface area contributed by atoms with Gasteiger partial charge in [-0.15, -0.1) is 0 Å². The summed E-state index contributed by atoms with van der Waals surface area (Å²) in [6.45, 7) is 3.09. The molecule has 2 aromatic carbocycles. The molecule has 0 aliphatic rings. The van der Waals surface area contributed by atoms with Crippen molar-refractivity contribution in [3.63, 3.8) is 0 Å². The predicted octanol–water partition coefficient (Wildman–Crippen LogP) is 2.01. The minimum Gasteiger partial charge on any atom is -0.391 e. The second-order valence-electron chi connectivity index (χ2n) is 6.21. The molecule has 9 heteroatoms. The van der Waals surface area contributed by atoms with Crippen molar-refractivity contribution < 1.29 is 14.7 Å². The van der Waals surface area contributed by atoms with Crippen LogP contribution in [0.4, 0.5) is 5.69 Å². The highest BCUT2D eigenvalue weighted by Gasteiger charge is 2.25. The lowest BCUT2D eigenvalue weighted by molar-refractivity contribution is -0.124. The summed E-state index contributed by atoms with van der Waals surface area (Å²) in [6, 6.07) is 11.8. The van der Waals surface area contributed by atoms with E-state index in [1.165, 1.54) is 37.3 Å². The zero-order valence-corrected chi connectivity index (χ0v) is 16.4. The Labute approximate surface area is 172 Å². The largest absolute Gasteiger partial charge is 0.391 e. The Morgan fingerprint density at radius 1 is 1.07 bits per heavy atom. The summed E-state index contributed by atoms with van der Waals surface area (Å²) in [7, 11) is 0. The summed E-state index contributed by atoms with van der Waals surface area (Å²) in [4.78, 5) is 24.6. The van der Waals surface area contributed by atoms with Crippen molar-refractivity contribution in [3.8, 4) is 12.1 Å². The molecule has 0 heterocycles. The number of benzene rings is 2. The second-order valence-corrected chi connectivity index (χ2v) is 6.58. The monoisotopic (exact) mass is 411 g/mol. The molecular formula is C20H18ClN5O3. The van der Waals surface area contributed by atoms with Gasteiger partial charge in [-0.05, 0) is 55.8 Å². The van der Waals surface area contributed by atoms with E-state index in [0.717, 1.165) is 0 Å². The summed E-state index contributed by atoms with van der Waals surface area (Å²) in [5.74, 6) is -1.26. The lowest BCUT2D eigenvalue weighted by atomic mass is 10.1. The average Bonchev–Trinajstić information content (AvgIpc) is 2.72. The molecule has 4 N–H and O–H groups in total. The maximum atomic E-state index is 12.5. The molecule has 0 aliphatic carbocycles. The standard InChI is InChI=1S/C20H18ClN5O3/c1-11-16(8-7-15(10-23)17(11)21)24-18(12(2)27)20(29)26-25-19(28)14-5-3-13(9-22)4-6-14/h3-8,12,18,24,27H,1-2H3,(H,25,28)(H,26,29)/t12-,18-/m1/s1. The van der Waals surface area contributed by atoms with Crippen molar-refractivity contribution in [1.29, 1.82) is 10.5 Å². The third kappa shape index (κ3) is 5.23. The number of nitriles is 2. The maximum absolute atomic E-state index is 12.5. The molecule has 2 amide bonds. The Morgan fingerprint density at radius 3 is 2.28 bits per heavy atom. The van der Waals surface area contributed by atoms with E-state index in [-0.39, 0.29) is 10.6 Å². The van der Waals surface area contributed by atoms with Gasteiger partial charge in [-0.3, -0.25) is 20.4 Å². The number of nitrogens with one attached hydrogen (secondary N) is 3. The molecule has 0 saturated carbocycles. The molecule has 29 heavy (non-hydrogen) atoms. The van der Waals surface area contributed by atoms with Crippen LogP contribution in [0.2, 0.25) is 5.02 Å². The normalized spacial score (nSPS) is 12.1. The first-order valence-corrected chi connectivity index (χ1v) is 8.90. The third-order valence-corrected chi connectivity index (χ3v) is 4.65. The Hall–Kier alpha value is -3.59. The van der Waals surface area contributed by atoms with Crippen LogP contribution in [0, 0.1) is 29.6 Å². The number of carbonyl (C=O) groups is 2. The van der Waals surface area contributed by atoms with E-state index >= 15 is 0 Å². The molecule has 0 saturated heterocycles. The summed E-state index contributed by atoms with van der Waals surface area (Å²) < 4.78 is 0. The molecule has 0 aromatic heterocycles. The molecule has 2 atom stereocenters. The van der Waals surface area contributed by atoms with E-state index in [4.69, 9.17) is 22.1 Å². The van der Waals surface area contributed by atoms with Crippen LogP contribution in [0.5, 0.6) is 0 Å². The van der Waals surface area contributed by atoms with E-state index < -0.39 is 24.0 Å². The van der Waals surface area contributed by atoms with Crippen LogP contribution in [-0.2, 0) is 4.79 Å². The summed E-state index contributed by atoms with van der Waals surface area (Å²) in [5.41, 5.74) is 6.48. The number of halogens is 1. The highest BCUT2D eigenvalue weighted by molar-refractivity contribution is 6.32. The molecule has 0 aliphatic heterocycles. The number of anilines is 1. The van der Waals surface area contributed by atoms with E-state index in [2.05, 4.69) is 16.2 Å². The number of amides is 2. The zero-order valence-electron chi connectivity index (χ0n) is 15.7. The highest BCUT2D eigenvalue weighted by atomic mass is 35.5. The van der Waals surface area contributed by atoms with Crippen molar-refractivity contribution in [3.05, 3.63) is 63.7 Å². The first-order valence-electron chi connectivity index (χ1n) is 8.52. The molecule has 148 valence electrons. The van der Waals surface area contributed by atoms with Gasteiger partial charge in [0.1, 0.15) is 12.1 Å². The quantitative estimate of drug-likeness (QED) is 0.555. The number of nitrogens with zero attached hydrogens (tertiary/aromatic N) is 2. The SMILES string of the molecule is Cc1c(N[C@@H](C(=O)NNC(=O)c2ccc(C#N)cc2)[C@@H](C)O)ccc(C#N)c1Cl. The number of aliphatic hydroxyl groups excluding tert-OH is 1. The number of hydrogen-bond acceptors (Lipinski definition) is 6. The molecule has 0 spiro atoms. The highest BCUT2D eigenvalue weighted by Crippen LogP contribution is 2.27. The molecule has 8 nitrogen and oxygen atoms in total. The van der Waals surface area contributed by atoms with Crippen molar-refractivity contribution in [2.24, 2.45) is 0 Å². The summed E-state index contributed by atoms with van der Waals surface area (Å²) in [6.07, 6.45) is -1.10. The molecule has 0 fully saturated rings. The Morgan fingerprint density at radius 2 is 1.72 bits per heavy atom. The van der Waals surface area contributed by atoms with Crippen LogP contribution in [0.3, 0.4) is 0 Å². The fourth-order valence-corrected chi connectivity index (χ4v) is 2.67. The van der Waals surface area contributed by atoms with E-state index in [1.807, 2.05) is 12.1 Å². The van der Waals surface area contributed by atoms with Gasteiger partial charge in [-0.1, -0.05) is 11.6 Å². The van der Waals surface area contributed by atoms with Crippen LogP contribution in [0.15, 0.2) is 36.4 Å². The van der Waals surface area contributed by atoms with Gasteiger partial charge >= 0.3 is 0 Å². The molecule has 2 aromatic rings. The van der Waals surface area contributed by atoms with Crippen LogP contribution >= 0.6 is 11.6 Å². The number of aliphatic hydroxyl groups is 1. The van der Waals surface area contributed by atoms with Gasteiger partial charge in [-0.2, -0.15) is 10.5 Å². The number of hydrazine groups is 1. The number of rotatable bonds is 5. The average molecular weight is 412 g/mol. The lowest BCUT2D eigenvalue weighted by Crippen LogP contribution is -2.52. The predicted molar refractivity (Wildman–Crippen MR) is 107 cm³/mol. The smallest absolute Gasteiger partial charge is 0.269 e. The first-order chi connectivity index (χ1) is 13.8. The summed E-state index contributed by atoms with van der Waals surface area (Å²) in [5, 5.41) is 30.9. The number of carbonyl (C=O) groups excluding carboxylic acids is 2. The van der Waals surface area contributed by atoms with E-state index in [9.17, 15) is 14.7 Å². The van der Waals surface area contributed by atoms with Crippen LogP contribution < -0.4 is 16.2 Å². The van der Waals surface area contributed by atoms with Gasteiger partial charge in [0.25, 0.3) is 11.8 Å². The Kier molecular flexibility index (Phi) is 7.15. The van der Waals surface area contributed by atoms with Crippen LogP contribution in [-0.4, -0.2) is 29.1 Å². The van der Waals surface area contributed by atoms with Gasteiger partial charge < -0.3 is 10.4 Å². The summed E-state index contributed by atoms with van der Waals surface area (Å²) >= 11 is 6.13. The second kappa shape index (κ2) is 9.56. The molecule has 2 rings (SSSR count). The van der Waals surface area contributed by atoms with Gasteiger partial charge in [0, 0.05) is 11.3 Å². The zero-order chi connectivity index (χ0) is 21.6. The lowest BCUT2D eigenvalue weighted by Gasteiger charge is -2.23. The fraction of sp³-hybridized carbons (Fsp3) is 0.200. The van der Waals surface area contributed by atoms with Crippen LogP contribution in [0.25, 0.3) is 0 Å². The molecular weight excluding hydrogens is 394 g/mol. The first kappa shape index (κ1) is 21.7. The third-order valence-electron chi connectivity index (χ3n) is 4.16. The Bertz CT molecular complexity index is 1010. The molecule has 0 bridgehead atoms. The van der Waals surface area contributed by atoms with Crippen molar-refractivity contribution in [2.45, 2.75) is 26.0 Å². The molecule has 0 unspecified atom stereocenters. The van der Waals surface area contributed by atoms with Crippen molar-refractivity contribution >= 4 is 29.1 Å². The van der Waals surface area contributed by atoms with E-state index in [1.54, 1.807) is 13.0 Å². The van der Waals surface area contributed by atoms with E-state index in [0.29, 0.717) is 22.4 Å². The Balaban J connectivity index is 2.08. The van der Waals surface area contributed by atoms with Crippen molar-refractivity contribution in [2.75, 3.05) is 5.32 Å². The van der Waals surface area contributed by atoms with Gasteiger partial charge in [-0.25, -0.2) is 0 Å². The van der Waals surface area contributed by atoms with Gasteiger partial charge in [0.05, 0.1) is 28.3 Å². The topological polar surface area (TPSA) is 138 Å². The maximum Gasteiger partial charge on any atom is 0.269 e. The minimum absolute atomic E-state index is 0.247. The fourth-order valence-electron chi connectivity index (χ4n) is 2.46.